The molecular weight excluding hydrogens is 1010 g/mol. The number of aliphatic hydroxyl groups excluding tert-OH is 5. The third-order valence-corrected chi connectivity index (χ3v) is 19.9. The van der Waals surface area contributed by atoms with E-state index in [-0.39, 0.29) is 44.1 Å². The van der Waals surface area contributed by atoms with Gasteiger partial charge in [0.1, 0.15) is 72.2 Å². The van der Waals surface area contributed by atoms with Gasteiger partial charge in [0.2, 0.25) is 0 Å². The molecule has 77 heavy (non-hydrogen) atoms. The third-order valence-electron chi connectivity index (χ3n) is 19.9. The number of hydrogen-bond donors (Lipinski definition) is 8. The number of rotatable bonds is 15. The predicted molar refractivity (Wildman–Crippen MR) is 265 cm³/mol. The van der Waals surface area contributed by atoms with Crippen molar-refractivity contribution in [1.29, 1.82) is 0 Å². The Kier molecular flexibility index (Phi) is 17.5. The molecule has 8 fully saturated rings. The number of aliphatic hydroxyl groups is 8. The number of fused-ring (bicyclic) bond motifs is 5. The first-order valence-electron chi connectivity index (χ1n) is 27.5. The Hall–Kier alpha value is -2.40. The molecule has 4 saturated carbocycles. The maximum atomic E-state index is 13.7. The van der Waals surface area contributed by atoms with Crippen molar-refractivity contribution in [2.75, 3.05) is 27.9 Å². The summed E-state index contributed by atoms with van der Waals surface area (Å²) in [5.41, 5.74) is -7.58. The van der Waals surface area contributed by atoms with Crippen molar-refractivity contribution in [3.05, 3.63) is 35.9 Å². The zero-order valence-corrected chi connectivity index (χ0v) is 45.7. The molecule has 27 unspecified atom stereocenters. The zero-order valence-electron chi connectivity index (χ0n) is 45.7. The largest absolute Gasteiger partial charge is 0.458 e. The van der Waals surface area contributed by atoms with Gasteiger partial charge in [-0.15, -0.1) is 0 Å². The Morgan fingerprint density at radius 3 is 1.84 bits per heavy atom. The number of carbonyl (C=O) groups excluding carboxylic acids is 2. The van der Waals surface area contributed by atoms with Crippen LogP contribution in [-0.4, -0.2) is 220 Å². The van der Waals surface area contributed by atoms with Gasteiger partial charge in [-0.2, -0.15) is 0 Å². The highest BCUT2D eigenvalue weighted by Gasteiger charge is 2.82. The van der Waals surface area contributed by atoms with Gasteiger partial charge in [-0.3, -0.25) is 4.79 Å². The maximum absolute atomic E-state index is 13.7. The van der Waals surface area contributed by atoms with E-state index in [0.29, 0.717) is 37.7 Å². The number of hydrogen-bond acceptors (Lipinski definition) is 22. The summed E-state index contributed by atoms with van der Waals surface area (Å²) in [5.74, 6) is -1.67. The first kappa shape index (κ1) is 59.2. The van der Waals surface area contributed by atoms with Crippen molar-refractivity contribution in [3.63, 3.8) is 0 Å². The SMILES string of the molecule is COC1CC(OC2CCC3(C)C(CCC4(O)C3CC(OC(=O)c3ccccc3)C3(C)C(O)(C(C)=O)CCC43O)C2)OC(C)C1OC1CC(OC)C(OC2OC(C)C(OC3OC(CO)C(O)C(O)C3O)C(OC)C2O)C(C)O1. The highest BCUT2D eigenvalue weighted by atomic mass is 16.8. The number of esters is 1. The van der Waals surface area contributed by atoms with E-state index in [1.807, 2.05) is 6.92 Å². The summed E-state index contributed by atoms with van der Waals surface area (Å²) < 4.78 is 74.3. The van der Waals surface area contributed by atoms with E-state index in [1.54, 1.807) is 58.2 Å². The minimum atomic E-state index is -2.04. The molecule has 9 rings (SSSR count). The number of benzene rings is 1. The number of methoxy groups -OCH3 is 3. The van der Waals surface area contributed by atoms with Crippen LogP contribution < -0.4 is 0 Å². The molecule has 0 aromatic heterocycles. The normalized spacial score (nSPS) is 51.0. The van der Waals surface area contributed by atoms with E-state index < -0.39 is 169 Å². The Labute approximate surface area is 449 Å². The molecule has 4 aliphatic heterocycles. The standard InChI is InChI=1S/C55H84O22/c1-26-44(75-39-23-34(67-8)45(27(2)70-39)76-50-43(61)47(68-9)46(28(3)71-50)77-49-42(60)41(59)40(58)35(25-56)73-49)33(66-7)22-38(69-26)72-32-16-17-51(5)31(21-32)15-18-54(64)36(51)24-37(74-48(62)30-13-11-10-12-14-30)52(6)53(63,29(4)57)19-20-55(52,54)65/h10-14,26-28,31-47,49-50,56,58-61,63-65H,15-25H2,1-9H3. The van der Waals surface area contributed by atoms with Gasteiger partial charge in [0, 0.05) is 34.2 Å². The summed E-state index contributed by atoms with van der Waals surface area (Å²) in [6, 6.07) is 8.49. The fourth-order valence-electron chi connectivity index (χ4n) is 15.3. The second-order valence-corrected chi connectivity index (χ2v) is 23.7. The summed E-state index contributed by atoms with van der Waals surface area (Å²) in [7, 11) is 4.50. The average molecular weight is 1100 g/mol. The minimum Gasteiger partial charge on any atom is -0.458 e. The van der Waals surface area contributed by atoms with E-state index in [0.717, 1.165) is 0 Å². The van der Waals surface area contributed by atoms with Crippen LogP contribution in [0.25, 0.3) is 0 Å². The van der Waals surface area contributed by atoms with Crippen LogP contribution in [0.4, 0.5) is 0 Å². The van der Waals surface area contributed by atoms with Crippen LogP contribution in [0.3, 0.4) is 0 Å². The molecule has 0 bridgehead atoms. The molecule has 0 radical (unpaired) electrons. The van der Waals surface area contributed by atoms with Crippen molar-refractivity contribution in [3.8, 4) is 0 Å². The molecule has 0 spiro atoms. The van der Waals surface area contributed by atoms with E-state index in [9.17, 15) is 50.4 Å². The Morgan fingerprint density at radius 1 is 0.636 bits per heavy atom. The van der Waals surface area contributed by atoms with Crippen LogP contribution in [0.5, 0.6) is 0 Å². The molecule has 22 heteroatoms. The van der Waals surface area contributed by atoms with Gasteiger partial charge in [-0.05, 0) is 115 Å². The van der Waals surface area contributed by atoms with E-state index in [1.165, 1.54) is 21.1 Å². The molecule has 1 aromatic carbocycles. The molecule has 27 atom stereocenters. The molecule has 4 saturated heterocycles. The molecular formula is C55H84O22. The summed E-state index contributed by atoms with van der Waals surface area (Å²) in [4.78, 5) is 27.1. The molecule has 436 valence electrons. The van der Waals surface area contributed by atoms with Gasteiger partial charge in [0.15, 0.2) is 30.9 Å². The summed E-state index contributed by atoms with van der Waals surface area (Å²) in [6.45, 7) is 9.71. The Balaban J connectivity index is 0.809. The summed E-state index contributed by atoms with van der Waals surface area (Å²) in [5, 5.41) is 90.5. The van der Waals surface area contributed by atoms with Crippen molar-refractivity contribution in [2.45, 2.75) is 245 Å². The molecule has 1 aromatic rings. The van der Waals surface area contributed by atoms with Crippen LogP contribution in [0.2, 0.25) is 0 Å². The fourth-order valence-corrected chi connectivity index (χ4v) is 15.3. The van der Waals surface area contributed by atoms with Crippen LogP contribution >= 0.6 is 0 Å². The van der Waals surface area contributed by atoms with Gasteiger partial charge in [0.25, 0.3) is 0 Å². The monoisotopic (exact) mass is 1100 g/mol. The van der Waals surface area contributed by atoms with E-state index in [2.05, 4.69) is 6.92 Å². The Morgan fingerprint density at radius 2 is 1.23 bits per heavy atom. The van der Waals surface area contributed by atoms with Gasteiger partial charge in [0.05, 0.1) is 59.8 Å². The maximum Gasteiger partial charge on any atom is 0.338 e. The van der Waals surface area contributed by atoms with E-state index >= 15 is 0 Å². The topological polar surface area (TPSA) is 307 Å². The molecule has 4 aliphatic carbocycles. The van der Waals surface area contributed by atoms with Crippen LogP contribution in [0, 0.1) is 22.7 Å². The zero-order chi connectivity index (χ0) is 55.7. The fraction of sp³-hybridized carbons (Fsp3) is 0.855. The smallest absolute Gasteiger partial charge is 0.338 e. The van der Waals surface area contributed by atoms with Gasteiger partial charge >= 0.3 is 5.97 Å². The lowest BCUT2D eigenvalue weighted by Crippen LogP contribution is -2.79. The summed E-state index contributed by atoms with van der Waals surface area (Å²) in [6.07, 6.45) is -16.2. The Bertz CT molecular complexity index is 2190. The van der Waals surface area contributed by atoms with Gasteiger partial charge in [-0.1, -0.05) is 25.1 Å². The first-order chi connectivity index (χ1) is 36.4. The highest BCUT2D eigenvalue weighted by molar-refractivity contribution is 5.90. The molecule has 4 heterocycles. The first-order valence-corrected chi connectivity index (χ1v) is 27.5. The lowest BCUT2D eigenvalue weighted by atomic mass is 9.40. The van der Waals surface area contributed by atoms with Crippen molar-refractivity contribution >= 4 is 11.8 Å². The molecule has 8 N–H and O–H groups in total. The highest BCUT2D eigenvalue weighted by Crippen LogP contribution is 2.72. The van der Waals surface area contributed by atoms with Crippen LogP contribution in [-0.2, 0) is 61.6 Å². The summed E-state index contributed by atoms with van der Waals surface area (Å²) >= 11 is 0. The number of ether oxygens (including phenoxy) is 12. The van der Waals surface area contributed by atoms with Gasteiger partial charge < -0.3 is 97.7 Å². The van der Waals surface area contributed by atoms with Gasteiger partial charge in [-0.25, -0.2) is 4.79 Å². The third kappa shape index (κ3) is 10.1. The second-order valence-electron chi connectivity index (χ2n) is 23.7. The van der Waals surface area contributed by atoms with Crippen molar-refractivity contribution < 1.29 is 107 Å². The van der Waals surface area contributed by atoms with Crippen LogP contribution in [0.15, 0.2) is 30.3 Å². The minimum absolute atomic E-state index is 0.0367. The quantitative estimate of drug-likeness (QED) is 0.0903. The number of Topliss-reactive ketones (excluding diaryl/α,β-unsaturated/α-hetero) is 1. The number of carbonyl (C=O) groups is 2. The second kappa shape index (κ2) is 22.7. The van der Waals surface area contributed by atoms with Crippen molar-refractivity contribution in [1.82, 2.24) is 0 Å². The lowest BCUT2D eigenvalue weighted by Gasteiger charge is -2.69. The predicted octanol–water partition coefficient (Wildman–Crippen LogP) is 1.18. The van der Waals surface area contributed by atoms with Crippen molar-refractivity contribution in [2.24, 2.45) is 22.7 Å². The molecule has 0 amide bonds. The lowest BCUT2D eigenvalue weighted by molar-refractivity contribution is -0.373. The average Bonchev–Trinajstić information content (AvgIpc) is 3.83. The molecule has 22 nitrogen and oxygen atoms in total. The number of ketones is 1. The van der Waals surface area contributed by atoms with E-state index in [4.69, 9.17) is 56.8 Å². The van der Waals surface area contributed by atoms with Crippen LogP contribution in [0.1, 0.15) is 116 Å². The molecule has 8 aliphatic rings.